The molecule has 1 aliphatic heterocycles. The van der Waals surface area contributed by atoms with Crippen LogP contribution >= 0.6 is 0 Å². The lowest BCUT2D eigenvalue weighted by Gasteiger charge is -2.24. The maximum atomic E-state index is 12.1. The first-order valence-electron chi connectivity index (χ1n) is 8.78. The number of carbonyl (C=O) groups is 1. The first kappa shape index (κ1) is 19.6. The number of nitrogens with one attached hydrogen (secondary N) is 2. The van der Waals surface area contributed by atoms with Crippen LogP contribution in [0.15, 0.2) is 36.4 Å². The van der Waals surface area contributed by atoms with Crippen molar-refractivity contribution < 1.29 is 28.8 Å². The first-order valence-corrected chi connectivity index (χ1v) is 8.78. The fraction of sp³-hybridized carbons (Fsp3) is 0.350. The number of hydrogen-bond donors (Lipinski definition) is 3. The topological polar surface area (TPSA) is 98.3 Å². The Hall–Kier alpha value is -3.13. The van der Waals surface area contributed by atoms with Gasteiger partial charge >= 0.3 is 6.03 Å². The zero-order valence-corrected chi connectivity index (χ0v) is 16.1. The van der Waals surface area contributed by atoms with Crippen LogP contribution in [-0.2, 0) is 12.1 Å². The van der Waals surface area contributed by atoms with Gasteiger partial charge in [0.05, 0.1) is 20.8 Å². The molecule has 8 heteroatoms. The largest absolute Gasteiger partial charge is 0.493 e. The molecule has 28 heavy (non-hydrogen) atoms. The number of amides is 2. The van der Waals surface area contributed by atoms with Gasteiger partial charge in [-0.15, -0.1) is 0 Å². The maximum absolute atomic E-state index is 12.1. The lowest BCUT2D eigenvalue weighted by molar-refractivity contribution is 0.0591. The third-order valence-corrected chi connectivity index (χ3v) is 4.49. The lowest BCUT2D eigenvalue weighted by atomic mass is 9.95. The summed E-state index contributed by atoms with van der Waals surface area (Å²) in [5.74, 6) is 2.43. The van der Waals surface area contributed by atoms with E-state index < -0.39 is 11.6 Å². The summed E-state index contributed by atoms with van der Waals surface area (Å²) in [5.41, 5.74) is 0.217. The molecule has 0 saturated carbocycles. The number of urea groups is 1. The molecule has 0 spiro atoms. The van der Waals surface area contributed by atoms with E-state index in [9.17, 15) is 9.90 Å². The van der Waals surface area contributed by atoms with E-state index in [0.717, 1.165) is 5.56 Å². The molecule has 2 amide bonds. The normalized spacial score (nSPS) is 14.1. The number of methoxy groups -OCH3 is 2. The van der Waals surface area contributed by atoms with Crippen molar-refractivity contribution >= 4 is 6.03 Å². The van der Waals surface area contributed by atoms with Crippen LogP contribution in [0.25, 0.3) is 0 Å². The van der Waals surface area contributed by atoms with Crippen molar-refractivity contribution in [2.45, 2.75) is 19.1 Å². The smallest absolute Gasteiger partial charge is 0.315 e. The highest BCUT2D eigenvalue weighted by Gasteiger charge is 2.26. The zero-order valence-electron chi connectivity index (χ0n) is 16.1. The molecule has 0 bridgehead atoms. The molecule has 0 fully saturated rings. The highest BCUT2D eigenvalue weighted by molar-refractivity contribution is 5.74. The zero-order chi connectivity index (χ0) is 20.1. The summed E-state index contributed by atoms with van der Waals surface area (Å²) < 4.78 is 21.0. The van der Waals surface area contributed by atoms with Gasteiger partial charge in [0.1, 0.15) is 5.60 Å². The van der Waals surface area contributed by atoms with Crippen LogP contribution in [0.5, 0.6) is 23.0 Å². The first-order chi connectivity index (χ1) is 13.4. The summed E-state index contributed by atoms with van der Waals surface area (Å²) >= 11 is 0. The summed E-state index contributed by atoms with van der Waals surface area (Å²) in [6, 6.07) is 10.2. The minimum absolute atomic E-state index is 0.0322. The van der Waals surface area contributed by atoms with Crippen molar-refractivity contribution in [2.24, 2.45) is 0 Å². The standard InChI is InChI=1S/C20H24N2O6/c1-20(24,14-5-7-16-18(9-14)28-12-27-16)11-22-19(23)21-10-13-4-6-15(25-2)17(8-13)26-3/h4-9,24H,10-12H2,1-3H3,(H2,21,22,23). The second-order valence-electron chi connectivity index (χ2n) is 6.57. The molecular weight excluding hydrogens is 364 g/mol. The van der Waals surface area contributed by atoms with Gasteiger partial charge in [-0.1, -0.05) is 12.1 Å². The lowest BCUT2D eigenvalue weighted by Crippen LogP contribution is -2.43. The fourth-order valence-corrected chi connectivity index (χ4v) is 2.82. The molecule has 0 radical (unpaired) electrons. The van der Waals surface area contributed by atoms with Gasteiger partial charge in [-0.2, -0.15) is 0 Å². The number of fused-ring (bicyclic) bond motifs is 1. The molecule has 3 N–H and O–H groups in total. The number of rotatable bonds is 7. The van der Waals surface area contributed by atoms with Crippen LogP contribution in [0.1, 0.15) is 18.1 Å². The van der Waals surface area contributed by atoms with Crippen molar-refractivity contribution in [3.63, 3.8) is 0 Å². The molecule has 150 valence electrons. The van der Waals surface area contributed by atoms with Crippen LogP contribution in [0, 0.1) is 0 Å². The van der Waals surface area contributed by atoms with Gasteiger partial charge in [0.25, 0.3) is 0 Å². The predicted octanol–water partition coefficient (Wildman–Crippen LogP) is 2.14. The fourth-order valence-electron chi connectivity index (χ4n) is 2.82. The van der Waals surface area contributed by atoms with E-state index in [0.29, 0.717) is 35.1 Å². The molecule has 0 aromatic heterocycles. The third-order valence-electron chi connectivity index (χ3n) is 4.49. The van der Waals surface area contributed by atoms with E-state index in [2.05, 4.69) is 10.6 Å². The van der Waals surface area contributed by atoms with Gasteiger partial charge in [0.2, 0.25) is 6.79 Å². The average molecular weight is 388 g/mol. The Morgan fingerprint density at radius 3 is 2.57 bits per heavy atom. The Kier molecular flexibility index (Phi) is 5.79. The highest BCUT2D eigenvalue weighted by Crippen LogP contribution is 2.35. The van der Waals surface area contributed by atoms with Crippen molar-refractivity contribution in [3.05, 3.63) is 47.5 Å². The molecule has 1 unspecified atom stereocenters. The van der Waals surface area contributed by atoms with Crippen LogP contribution in [0.3, 0.4) is 0 Å². The van der Waals surface area contributed by atoms with E-state index in [1.54, 1.807) is 51.5 Å². The molecule has 3 rings (SSSR count). The van der Waals surface area contributed by atoms with Gasteiger partial charge in [-0.05, 0) is 42.3 Å². The van der Waals surface area contributed by atoms with Crippen molar-refractivity contribution in [1.82, 2.24) is 10.6 Å². The maximum Gasteiger partial charge on any atom is 0.315 e. The van der Waals surface area contributed by atoms with Crippen molar-refractivity contribution in [2.75, 3.05) is 27.6 Å². The number of benzene rings is 2. The molecule has 2 aromatic carbocycles. The second-order valence-corrected chi connectivity index (χ2v) is 6.57. The van der Waals surface area contributed by atoms with E-state index in [1.165, 1.54) is 0 Å². The molecule has 0 aliphatic carbocycles. The van der Waals surface area contributed by atoms with Crippen molar-refractivity contribution in [3.8, 4) is 23.0 Å². The Morgan fingerprint density at radius 2 is 1.82 bits per heavy atom. The minimum Gasteiger partial charge on any atom is -0.493 e. The van der Waals surface area contributed by atoms with Gasteiger partial charge < -0.3 is 34.7 Å². The third kappa shape index (κ3) is 4.40. The van der Waals surface area contributed by atoms with E-state index in [-0.39, 0.29) is 13.3 Å². The average Bonchev–Trinajstić information content (AvgIpc) is 3.18. The summed E-state index contributed by atoms with van der Waals surface area (Å²) in [4.78, 5) is 12.1. The summed E-state index contributed by atoms with van der Waals surface area (Å²) in [6.07, 6.45) is 0. The van der Waals surface area contributed by atoms with E-state index in [1.807, 2.05) is 6.07 Å². The predicted molar refractivity (Wildman–Crippen MR) is 102 cm³/mol. The van der Waals surface area contributed by atoms with Gasteiger partial charge in [0.15, 0.2) is 23.0 Å². The minimum atomic E-state index is -1.26. The van der Waals surface area contributed by atoms with Crippen LogP contribution in [0.4, 0.5) is 4.79 Å². The molecule has 8 nitrogen and oxygen atoms in total. The monoisotopic (exact) mass is 388 g/mol. The van der Waals surface area contributed by atoms with Gasteiger partial charge in [0, 0.05) is 6.54 Å². The Labute approximate surface area is 163 Å². The van der Waals surface area contributed by atoms with Crippen molar-refractivity contribution in [1.29, 1.82) is 0 Å². The molecule has 2 aromatic rings. The van der Waals surface area contributed by atoms with Crippen LogP contribution in [0.2, 0.25) is 0 Å². The van der Waals surface area contributed by atoms with Crippen LogP contribution < -0.4 is 29.6 Å². The molecule has 1 aliphatic rings. The molecular formula is C20H24N2O6. The SMILES string of the molecule is COc1ccc(CNC(=O)NCC(C)(O)c2ccc3c(c2)OCO3)cc1OC. The Bertz CT molecular complexity index is 853. The van der Waals surface area contributed by atoms with Crippen LogP contribution in [-0.4, -0.2) is 38.7 Å². The van der Waals surface area contributed by atoms with E-state index >= 15 is 0 Å². The quantitative estimate of drug-likeness (QED) is 0.672. The van der Waals surface area contributed by atoms with Gasteiger partial charge in [-0.25, -0.2) is 4.79 Å². The second kappa shape index (κ2) is 8.26. The Morgan fingerprint density at radius 1 is 1.07 bits per heavy atom. The Balaban J connectivity index is 1.53. The summed E-state index contributed by atoms with van der Waals surface area (Å²) in [6.45, 7) is 2.12. The molecule has 1 heterocycles. The highest BCUT2D eigenvalue weighted by atomic mass is 16.7. The summed E-state index contributed by atoms with van der Waals surface area (Å²) in [5, 5.41) is 16.1. The molecule has 0 saturated heterocycles. The molecule has 1 atom stereocenters. The summed E-state index contributed by atoms with van der Waals surface area (Å²) in [7, 11) is 3.12. The van der Waals surface area contributed by atoms with E-state index in [4.69, 9.17) is 18.9 Å². The number of ether oxygens (including phenoxy) is 4. The number of aliphatic hydroxyl groups is 1. The van der Waals surface area contributed by atoms with Gasteiger partial charge in [-0.3, -0.25) is 0 Å². The number of hydrogen-bond acceptors (Lipinski definition) is 6. The number of carbonyl (C=O) groups excluding carboxylic acids is 1.